The lowest BCUT2D eigenvalue weighted by Gasteiger charge is -2.38. The molecule has 1 heterocycles. The first-order valence-corrected chi connectivity index (χ1v) is 11.5. The SMILES string of the molecule is CC(=O)N1CCc2cc(F)cc(C#C[Si](C(C)C)(C(C)C)C(C)C)c21. The number of anilines is 1. The lowest BCUT2D eigenvalue weighted by atomic mass is 10.1. The Morgan fingerprint density at radius 1 is 1.12 bits per heavy atom. The quantitative estimate of drug-likeness (QED) is 0.529. The molecule has 1 aromatic carbocycles. The van der Waals surface area contributed by atoms with Crippen LogP contribution in [0.3, 0.4) is 0 Å². The molecule has 1 aromatic rings. The van der Waals surface area contributed by atoms with Crippen LogP contribution < -0.4 is 4.90 Å². The van der Waals surface area contributed by atoms with Gasteiger partial charge in [-0.1, -0.05) is 47.5 Å². The van der Waals surface area contributed by atoms with Crippen molar-refractivity contribution >= 4 is 19.7 Å². The minimum atomic E-state index is -1.90. The van der Waals surface area contributed by atoms with Gasteiger partial charge in [-0.2, -0.15) is 0 Å². The number of amides is 1. The van der Waals surface area contributed by atoms with Crippen LogP contribution in [0.25, 0.3) is 0 Å². The maximum Gasteiger partial charge on any atom is 0.223 e. The molecule has 0 aliphatic carbocycles. The highest BCUT2D eigenvalue weighted by molar-refractivity contribution is 6.90. The number of rotatable bonds is 3. The van der Waals surface area contributed by atoms with E-state index < -0.39 is 8.07 Å². The number of benzene rings is 1. The number of carbonyl (C=O) groups excluding carboxylic acids is 1. The number of hydrogen-bond donors (Lipinski definition) is 0. The minimum Gasteiger partial charge on any atom is -0.311 e. The summed E-state index contributed by atoms with van der Waals surface area (Å²) in [6.07, 6.45) is 0.697. The van der Waals surface area contributed by atoms with Crippen LogP contribution in [0.4, 0.5) is 10.1 Å². The van der Waals surface area contributed by atoms with Gasteiger partial charge in [-0.15, -0.1) is 5.54 Å². The van der Waals surface area contributed by atoms with Gasteiger partial charge in [0.2, 0.25) is 5.91 Å². The van der Waals surface area contributed by atoms with Gasteiger partial charge in [0.25, 0.3) is 0 Å². The summed E-state index contributed by atoms with van der Waals surface area (Å²) in [4.78, 5) is 13.7. The molecule has 1 aliphatic rings. The molecule has 0 aromatic heterocycles. The number of hydrogen-bond acceptors (Lipinski definition) is 1. The zero-order valence-electron chi connectivity index (χ0n) is 16.5. The van der Waals surface area contributed by atoms with Crippen LogP contribution in [0.15, 0.2) is 12.1 Å². The van der Waals surface area contributed by atoms with Gasteiger partial charge in [0.15, 0.2) is 0 Å². The molecule has 25 heavy (non-hydrogen) atoms. The van der Waals surface area contributed by atoms with Crippen molar-refractivity contribution < 1.29 is 9.18 Å². The zero-order valence-corrected chi connectivity index (χ0v) is 17.5. The summed E-state index contributed by atoms with van der Waals surface area (Å²) in [6, 6.07) is 3.04. The highest BCUT2D eigenvalue weighted by Gasteiger charge is 2.41. The second kappa shape index (κ2) is 7.33. The zero-order chi connectivity index (χ0) is 18.9. The molecule has 1 aliphatic heterocycles. The Bertz CT molecular complexity index is 706. The smallest absolute Gasteiger partial charge is 0.223 e. The third-order valence-electron chi connectivity index (χ3n) is 5.69. The standard InChI is InChI=1S/C21H30FNOSi/c1-14(2)25(15(3)4,16(5)6)11-9-19-13-20(22)12-18-8-10-23(17(7)24)21(18)19/h12-16H,8,10H2,1-7H3. The molecule has 2 nitrogen and oxygen atoms in total. The van der Waals surface area contributed by atoms with Gasteiger partial charge < -0.3 is 4.90 Å². The van der Waals surface area contributed by atoms with Gasteiger partial charge in [0.05, 0.1) is 11.3 Å². The summed E-state index contributed by atoms with van der Waals surface area (Å²) >= 11 is 0. The van der Waals surface area contributed by atoms with Crippen LogP contribution in [-0.2, 0) is 11.2 Å². The molecule has 0 bridgehead atoms. The first-order valence-electron chi connectivity index (χ1n) is 9.24. The van der Waals surface area contributed by atoms with Crippen molar-refractivity contribution in [1.82, 2.24) is 0 Å². The van der Waals surface area contributed by atoms with Crippen molar-refractivity contribution in [3.05, 3.63) is 29.1 Å². The van der Waals surface area contributed by atoms with Gasteiger partial charge >= 0.3 is 0 Å². The molecule has 0 atom stereocenters. The van der Waals surface area contributed by atoms with Crippen LogP contribution in [0.1, 0.15) is 59.6 Å². The van der Waals surface area contributed by atoms with E-state index in [2.05, 4.69) is 53.0 Å². The summed E-state index contributed by atoms with van der Waals surface area (Å²) in [5.41, 5.74) is 7.59. The van der Waals surface area contributed by atoms with Crippen molar-refractivity contribution in [2.45, 2.75) is 71.5 Å². The fourth-order valence-electron chi connectivity index (χ4n) is 4.53. The largest absolute Gasteiger partial charge is 0.311 e. The maximum absolute atomic E-state index is 14.1. The third-order valence-corrected chi connectivity index (χ3v) is 12.0. The lowest BCUT2D eigenvalue weighted by molar-refractivity contribution is -0.116. The van der Waals surface area contributed by atoms with Crippen molar-refractivity contribution in [1.29, 1.82) is 0 Å². The molecule has 0 fully saturated rings. The molecule has 0 saturated heterocycles. The van der Waals surface area contributed by atoms with E-state index in [1.54, 1.807) is 17.9 Å². The minimum absolute atomic E-state index is 0.00602. The Hall–Kier alpha value is -1.60. The Balaban J connectivity index is 2.62. The molecular formula is C21H30FNOSi. The predicted molar refractivity (Wildman–Crippen MR) is 106 cm³/mol. The van der Waals surface area contributed by atoms with E-state index in [0.717, 1.165) is 11.3 Å². The van der Waals surface area contributed by atoms with E-state index in [0.29, 0.717) is 35.2 Å². The van der Waals surface area contributed by atoms with E-state index in [9.17, 15) is 9.18 Å². The highest BCUT2D eigenvalue weighted by Crippen LogP contribution is 2.41. The molecule has 0 saturated carbocycles. The first kappa shape index (κ1) is 19.7. The fourth-order valence-corrected chi connectivity index (χ4v) is 9.75. The molecule has 136 valence electrons. The molecular weight excluding hydrogens is 329 g/mol. The van der Waals surface area contributed by atoms with Gasteiger partial charge in [0.1, 0.15) is 13.9 Å². The van der Waals surface area contributed by atoms with Crippen molar-refractivity contribution in [2.24, 2.45) is 0 Å². The van der Waals surface area contributed by atoms with Gasteiger partial charge in [-0.3, -0.25) is 4.79 Å². The van der Waals surface area contributed by atoms with E-state index in [4.69, 9.17) is 0 Å². The molecule has 0 radical (unpaired) electrons. The number of carbonyl (C=O) groups is 1. The summed E-state index contributed by atoms with van der Waals surface area (Å²) in [5, 5.41) is 0. The Morgan fingerprint density at radius 3 is 2.16 bits per heavy atom. The molecule has 1 amide bonds. The molecule has 0 unspecified atom stereocenters. The topological polar surface area (TPSA) is 20.3 Å². The Morgan fingerprint density at radius 2 is 1.68 bits per heavy atom. The molecule has 4 heteroatoms. The molecule has 0 N–H and O–H groups in total. The monoisotopic (exact) mass is 359 g/mol. The van der Waals surface area contributed by atoms with Crippen molar-refractivity contribution in [3.8, 4) is 11.5 Å². The second-order valence-electron chi connectivity index (χ2n) is 8.03. The van der Waals surface area contributed by atoms with E-state index in [-0.39, 0.29) is 11.7 Å². The van der Waals surface area contributed by atoms with Crippen LogP contribution in [0.2, 0.25) is 16.6 Å². The van der Waals surface area contributed by atoms with E-state index in [1.165, 1.54) is 6.07 Å². The van der Waals surface area contributed by atoms with E-state index in [1.807, 2.05) is 0 Å². The third kappa shape index (κ3) is 3.53. The van der Waals surface area contributed by atoms with Gasteiger partial charge in [-0.05, 0) is 40.7 Å². The number of halogens is 1. The average molecular weight is 360 g/mol. The number of fused-ring (bicyclic) bond motifs is 1. The lowest BCUT2D eigenvalue weighted by Crippen LogP contribution is -2.43. The van der Waals surface area contributed by atoms with Crippen LogP contribution in [0, 0.1) is 17.3 Å². The van der Waals surface area contributed by atoms with Crippen LogP contribution in [-0.4, -0.2) is 20.5 Å². The predicted octanol–water partition coefficient (Wildman–Crippen LogP) is 5.30. The van der Waals surface area contributed by atoms with Gasteiger partial charge in [0, 0.05) is 13.5 Å². The summed E-state index contributed by atoms with van der Waals surface area (Å²) in [6.45, 7) is 15.8. The maximum atomic E-state index is 14.1. The Kier molecular flexibility index (Phi) is 5.78. The van der Waals surface area contributed by atoms with Crippen molar-refractivity contribution in [3.63, 3.8) is 0 Å². The van der Waals surface area contributed by atoms with Crippen LogP contribution in [0.5, 0.6) is 0 Å². The highest BCUT2D eigenvalue weighted by atomic mass is 28.3. The number of nitrogens with zero attached hydrogens (tertiary/aromatic N) is 1. The summed E-state index contributed by atoms with van der Waals surface area (Å²) in [5.74, 6) is 3.06. The van der Waals surface area contributed by atoms with E-state index >= 15 is 0 Å². The molecule has 0 spiro atoms. The van der Waals surface area contributed by atoms with Crippen molar-refractivity contribution in [2.75, 3.05) is 11.4 Å². The normalized spacial score (nSPS) is 14.1. The Labute approximate surface area is 152 Å². The fraction of sp³-hybridized carbons (Fsp3) is 0.571. The van der Waals surface area contributed by atoms with Gasteiger partial charge in [-0.25, -0.2) is 4.39 Å². The molecule has 2 rings (SSSR count). The average Bonchev–Trinajstić information content (AvgIpc) is 2.90. The first-order chi connectivity index (χ1) is 11.6. The summed E-state index contributed by atoms with van der Waals surface area (Å²) < 4.78 is 14.1. The van der Waals surface area contributed by atoms with Crippen LogP contribution >= 0.6 is 0 Å². The second-order valence-corrected chi connectivity index (χ2v) is 13.6. The summed E-state index contributed by atoms with van der Waals surface area (Å²) in [7, 11) is -1.90.